The molecule has 4 aromatic carbocycles. The zero-order chi connectivity index (χ0) is 37.5. The maximum absolute atomic E-state index is 13.5. The van der Waals surface area contributed by atoms with Crippen LogP contribution in [0.5, 0.6) is 0 Å². The summed E-state index contributed by atoms with van der Waals surface area (Å²) in [6.07, 6.45) is 2.06. The van der Waals surface area contributed by atoms with Gasteiger partial charge in [0.25, 0.3) is 0 Å². The molecule has 0 heterocycles. The summed E-state index contributed by atoms with van der Waals surface area (Å²) in [5, 5.41) is 30.1. The number of hydrogen-bond acceptors (Lipinski definition) is 8. The summed E-state index contributed by atoms with van der Waals surface area (Å²) in [5.74, 6) is -0.449. The second-order valence-corrected chi connectivity index (χ2v) is 12.2. The van der Waals surface area contributed by atoms with Gasteiger partial charge in [0.05, 0.1) is 36.5 Å². The van der Waals surface area contributed by atoms with Crippen molar-refractivity contribution in [3.63, 3.8) is 0 Å². The summed E-state index contributed by atoms with van der Waals surface area (Å²) < 4.78 is 38.2. The SMILES string of the molecule is C.C.CC.CO.Nc1cc(F)c([N+](=O)[O-])cc1Br.[NH3+]c1cc(Br)c(NC[C@@H](O)COCc2ccccc2)cc1F.c1ccc(COCC2CC2)cc1. The summed E-state index contributed by atoms with van der Waals surface area (Å²) in [5.41, 5.74) is 11.6. The smallest absolute Gasteiger partial charge is 0.306 e. The van der Waals surface area contributed by atoms with Crippen LogP contribution in [0.25, 0.3) is 0 Å². The molecule has 0 spiro atoms. The number of halogens is 4. The molecule has 0 radical (unpaired) electrons. The van der Waals surface area contributed by atoms with Gasteiger partial charge in [-0.2, -0.15) is 4.39 Å². The van der Waals surface area contributed by atoms with Crippen molar-refractivity contribution >= 4 is 54.6 Å². The lowest BCUT2D eigenvalue weighted by molar-refractivity contribution is -0.387. The van der Waals surface area contributed by atoms with E-state index < -0.39 is 22.5 Å². The van der Waals surface area contributed by atoms with Crippen LogP contribution in [0.1, 0.15) is 52.7 Å². The van der Waals surface area contributed by atoms with Crippen LogP contribution in [0.3, 0.4) is 0 Å². The molecule has 0 aliphatic heterocycles. The Bertz CT molecular complexity index is 1540. The number of rotatable bonds is 12. The van der Waals surface area contributed by atoms with E-state index in [1.807, 2.05) is 50.2 Å². The number of benzene rings is 4. The third-order valence-corrected chi connectivity index (χ3v) is 7.85. The van der Waals surface area contributed by atoms with E-state index in [0.717, 1.165) is 43.9 Å². The minimum absolute atomic E-state index is 0. The lowest BCUT2D eigenvalue weighted by Gasteiger charge is -2.14. The van der Waals surface area contributed by atoms with Crippen LogP contribution >= 0.6 is 31.9 Å². The van der Waals surface area contributed by atoms with E-state index in [9.17, 15) is 24.0 Å². The normalized spacial score (nSPS) is 11.4. The molecule has 4 aromatic rings. The van der Waals surface area contributed by atoms with E-state index in [-0.39, 0.29) is 39.5 Å². The average Bonchev–Trinajstić information content (AvgIpc) is 3.95. The molecule has 1 fully saturated rings. The van der Waals surface area contributed by atoms with Gasteiger partial charge >= 0.3 is 5.69 Å². The monoisotopic (exact) mass is 859 g/mol. The number of hydrogen-bond donors (Lipinski definition) is 5. The predicted octanol–water partition coefficient (Wildman–Crippen LogP) is 9.05. The number of ether oxygens (including phenoxy) is 2. The van der Waals surface area contributed by atoms with E-state index >= 15 is 0 Å². The Morgan fingerprint density at radius 3 is 1.92 bits per heavy atom. The van der Waals surface area contributed by atoms with E-state index in [1.54, 1.807) is 6.07 Å². The molecule has 10 nitrogen and oxygen atoms in total. The van der Waals surface area contributed by atoms with Crippen LogP contribution in [0.15, 0.2) is 93.9 Å². The van der Waals surface area contributed by atoms with E-state index in [2.05, 4.69) is 67.2 Å². The maximum Gasteiger partial charge on any atom is 0.306 e. The maximum atomic E-state index is 13.5. The molecule has 52 heavy (non-hydrogen) atoms. The number of nitrogens with zero attached hydrogens (tertiary/aromatic N) is 1. The van der Waals surface area contributed by atoms with Gasteiger partial charge in [-0.05, 0) is 61.7 Å². The van der Waals surface area contributed by atoms with Crippen LogP contribution in [-0.4, -0.2) is 48.1 Å². The van der Waals surface area contributed by atoms with Gasteiger partial charge in [-0.3, -0.25) is 10.1 Å². The quantitative estimate of drug-likeness (QED) is 0.0535. The molecule has 8 N–H and O–H groups in total. The molecule has 0 saturated heterocycles. The van der Waals surface area contributed by atoms with Crippen molar-refractivity contribution in [3.05, 3.63) is 127 Å². The fourth-order valence-corrected chi connectivity index (χ4v) is 4.65. The number of nitrogen functional groups attached to an aromatic ring is 1. The van der Waals surface area contributed by atoms with Crippen molar-refractivity contribution in [2.75, 3.05) is 37.9 Å². The van der Waals surface area contributed by atoms with E-state index in [1.165, 1.54) is 24.5 Å². The second-order valence-electron chi connectivity index (χ2n) is 10.5. The highest BCUT2D eigenvalue weighted by Gasteiger charge is 2.21. The molecular formula is C38H55Br2F2N4O6+. The van der Waals surface area contributed by atoms with Crippen molar-refractivity contribution in [1.29, 1.82) is 0 Å². The molecule has 1 atom stereocenters. The van der Waals surface area contributed by atoms with Crippen molar-refractivity contribution in [2.45, 2.75) is 60.9 Å². The molecule has 1 saturated carbocycles. The zero-order valence-electron chi connectivity index (χ0n) is 28.5. The molecule has 5 rings (SSSR count). The van der Waals surface area contributed by atoms with Crippen LogP contribution in [0, 0.1) is 27.7 Å². The molecular weight excluding hydrogens is 806 g/mol. The summed E-state index contributed by atoms with van der Waals surface area (Å²) in [6, 6.07) is 25.0. The Hall–Kier alpha value is -3.50. The topological polar surface area (TPSA) is 168 Å². The molecule has 0 unspecified atom stereocenters. The van der Waals surface area contributed by atoms with E-state index in [0.29, 0.717) is 26.9 Å². The van der Waals surface area contributed by atoms with Gasteiger partial charge in [0.1, 0.15) is 0 Å². The summed E-state index contributed by atoms with van der Waals surface area (Å²) >= 11 is 6.28. The minimum atomic E-state index is -0.930. The van der Waals surface area contributed by atoms with Gasteiger partial charge in [0.15, 0.2) is 11.5 Å². The van der Waals surface area contributed by atoms with Crippen LogP contribution in [-0.2, 0) is 22.7 Å². The van der Waals surface area contributed by atoms with Crippen LogP contribution in [0.2, 0.25) is 0 Å². The molecule has 290 valence electrons. The Morgan fingerprint density at radius 1 is 0.904 bits per heavy atom. The van der Waals surface area contributed by atoms with Gasteiger partial charge < -0.3 is 36.5 Å². The summed E-state index contributed by atoms with van der Waals surface area (Å²) in [4.78, 5) is 9.38. The molecule has 14 heteroatoms. The fraction of sp³-hybridized carbons (Fsp3) is 0.368. The van der Waals surface area contributed by atoms with Crippen molar-refractivity contribution in [2.24, 2.45) is 5.92 Å². The Morgan fingerprint density at radius 2 is 1.42 bits per heavy atom. The van der Waals surface area contributed by atoms with Crippen molar-refractivity contribution in [1.82, 2.24) is 0 Å². The van der Waals surface area contributed by atoms with Crippen molar-refractivity contribution < 1.29 is 39.1 Å². The standard InChI is InChI=1S/C16H18BrFN2O2.C11H14O.C6H4BrFN2O2.C2H6.CH4O.2CH4/c17-13-6-15(19)14(18)7-16(13)20-8-12(21)10-22-9-11-4-2-1-3-5-11;1-2-4-10(5-3-1)8-12-9-11-6-7-11;7-3-1-6(10(11)12)4(8)2-5(3)9;2*1-2;;/h1-7,12,20-21H,8-10,19H2;1-5,11H,6-9H2;1-2H,9H2;1-2H3;2H,1H3;2*1H4/p+1/t12-;;;;;;/m1....../s1. The number of anilines is 2. The largest absolute Gasteiger partial charge is 0.400 e. The third kappa shape index (κ3) is 20.5. The first-order valence-electron chi connectivity index (χ1n) is 15.8. The molecule has 1 aliphatic carbocycles. The fourth-order valence-electron chi connectivity index (χ4n) is 3.79. The first-order valence-corrected chi connectivity index (χ1v) is 17.4. The average molecular weight is 862 g/mol. The Kier molecular flexibility index (Phi) is 28.2. The number of quaternary nitrogens is 1. The van der Waals surface area contributed by atoms with Gasteiger partial charge in [-0.25, -0.2) is 4.39 Å². The van der Waals surface area contributed by atoms with Crippen LogP contribution in [0.4, 0.5) is 31.5 Å². The summed E-state index contributed by atoms with van der Waals surface area (Å²) in [6.45, 7) is 6.65. The highest BCUT2D eigenvalue weighted by molar-refractivity contribution is 9.11. The van der Waals surface area contributed by atoms with Gasteiger partial charge in [0, 0.05) is 59.2 Å². The first kappa shape index (κ1) is 50.6. The van der Waals surface area contributed by atoms with E-state index in [4.69, 9.17) is 20.3 Å². The highest BCUT2D eigenvalue weighted by atomic mass is 79.9. The number of aliphatic hydroxyl groups excluding tert-OH is 2. The predicted molar refractivity (Wildman–Crippen MR) is 214 cm³/mol. The van der Waals surface area contributed by atoms with Crippen LogP contribution < -0.4 is 16.8 Å². The molecule has 0 bridgehead atoms. The number of nitro groups is 1. The Labute approximate surface area is 324 Å². The van der Waals surface area contributed by atoms with Gasteiger partial charge in [-0.15, -0.1) is 0 Å². The molecule has 0 aromatic heterocycles. The third-order valence-electron chi connectivity index (χ3n) is 6.51. The van der Waals surface area contributed by atoms with Crippen molar-refractivity contribution in [3.8, 4) is 0 Å². The number of nitrogens with two attached hydrogens (primary N) is 1. The minimum Gasteiger partial charge on any atom is -0.400 e. The Balaban J connectivity index is 0. The number of nitro benzene ring substituents is 1. The summed E-state index contributed by atoms with van der Waals surface area (Å²) in [7, 11) is 1.00. The lowest BCUT2D eigenvalue weighted by atomic mass is 10.2. The number of nitrogens with one attached hydrogen (secondary N) is 1. The first-order chi connectivity index (χ1) is 24.0. The second kappa shape index (κ2) is 29.0. The molecule has 0 amide bonds. The zero-order valence-corrected chi connectivity index (χ0v) is 31.6. The van der Waals surface area contributed by atoms with Gasteiger partial charge in [0.2, 0.25) is 5.82 Å². The highest BCUT2D eigenvalue weighted by Crippen LogP contribution is 2.29. The lowest BCUT2D eigenvalue weighted by Crippen LogP contribution is -2.41. The molecule has 1 aliphatic rings. The number of aliphatic hydroxyl groups is 2. The van der Waals surface area contributed by atoms with Gasteiger partial charge in [-0.1, -0.05) is 89.4 Å².